The standard InChI is InChI=1S/C10H9BrN2S/c11-9-3-1-7(2-4-9)10-8(5-12)6-14-13-10/h1-4,6H,5,12H2. The minimum Gasteiger partial charge on any atom is -0.326 e. The van der Waals surface area contributed by atoms with Crippen molar-refractivity contribution in [1.29, 1.82) is 0 Å². The summed E-state index contributed by atoms with van der Waals surface area (Å²) in [6.07, 6.45) is 0. The van der Waals surface area contributed by atoms with E-state index in [0.717, 1.165) is 21.3 Å². The van der Waals surface area contributed by atoms with Crippen LogP contribution < -0.4 is 5.73 Å². The Morgan fingerprint density at radius 1 is 1.29 bits per heavy atom. The lowest BCUT2D eigenvalue weighted by atomic mass is 10.1. The molecule has 0 saturated carbocycles. The highest BCUT2D eigenvalue weighted by Crippen LogP contribution is 2.25. The smallest absolute Gasteiger partial charge is 0.0885 e. The van der Waals surface area contributed by atoms with Gasteiger partial charge in [0, 0.05) is 27.5 Å². The molecule has 0 aliphatic heterocycles. The van der Waals surface area contributed by atoms with E-state index < -0.39 is 0 Å². The highest BCUT2D eigenvalue weighted by Gasteiger charge is 2.06. The van der Waals surface area contributed by atoms with Crippen molar-refractivity contribution < 1.29 is 0 Å². The molecule has 1 aromatic heterocycles. The number of benzene rings is 1. The van der Waals surface area contributed by atoms with E-state index in [-0.39, 0.29) is 0 Å². The molecule has 72 valence electrons. The van der Waals surface area contributed by atoms with Crippen molar-refractivity contribution >= 4 is 27.5 Å². The Bertz CT molecular complexity index is 422. The van der Waals surface area contributed by atoms with E-state index in [1.54, 1.807) is 0 Å². The van der Waals surface area contributed by atoms with Crippen molar-refractivity contribution in [2.24, 2.45) is 5.73 Å². The molecular weight excluding hydrogens is 260 g/mol. The molecule has 2 nitrogen and oxygen atoms in total. The lowest BCUT2D eigenvalue weighted by Gasteiger charge is -1.99. The van der Waals surface area contributed by atoms with Crippen molar-refractivity contribution in [2.45, 2.75) is 6.54 Å². The third-order valence-electron chi connectivity index (χ3n) is 1.98. The average Bonchev–Trinajstić information content (AvgIpc) is 2.67. The van der Waals surface area contributed by atoms with Gasteiger partial charge in [-0.05, 0) is 23.7 Å². The summed E-state index contributed by atoms with van der Waals surface area (Å²) in [6, 6.07) is 8.10. The first kappa shape index (κ1) is 9.83. The molecule has 0 aliphatic rings. The second kappa shape index (κ2) is 4.21. The SMILES string of the molecule is NCc1csnc1-c1ccc(Br)cc1. The lowest BCUT2D eigenvalue weighted by molar-refractivity contribution is 1.08. The largest absolute Gasteiger partial charge is 0.326 e. The van der Waals surface area contributed by atoms with Crippen LogP contribution in [-0.4, -0.2) is 4.37 Å². The van der Waals surface area contributed by atoms with Crippen molar-refractivity contribution in [3.63, 3.8) is 0 Å². The monoisotopic (exact) mass is 268 g/mol. The van der Waals surface area contributed by atoms with Crippen LogP contribution in [0.5, 0.6) is 0 Å². The molecule has 0 fully saturated rings. The molecule has 2 N–H and O–H groups in total. The summed E-state index contributed by atoms with van der Waals surface area (Å²) < 4.78 is 5.41. The Hall–Kier alpha value is -0.710. The number of hydrogen-bond acceptors (Lipinski definition) is 3. The van der Waals surface area contributed by atoms with Gasteiger partial charge in [-0.25, -0.2) is 0 Å². The third kappa shape index (κ3) is 1.87. The molecule has 0 saturated heterocycles. The minimum atomic E-state index is 0.544. The Morgan fingerprint density at radius 2 is 2.00 bits per heavy atom. The number of nitrogens with two attached hydrogens (primary N) is 1. The van der Waals surface area contributed by atoms with Gasteiger partial charge in [-0.1, -0.05) is 28.1 Å². The average molecular weight is 269 g/mol. The molecule has 2 rings (SSSR count). The minimum absolute atomic E-state index is 0.544. The molecule has 0 spiro atoms. The van der Waals surface area contributed by atoms with Crippen molar-refractivity contribution in [2.75, 3.05) is 0 Å². The number of aromatic nitrogens is 1. The van der Waals surface area contributed by atoms with Crippen LogP contribution in [0.3, 0.4) is 0 Å². The van der Waals surface area contributed by atoms with Gasteiger partial charge in [-0.15, -0.1) is 0 Å². The summed E-state index contributed by atoms with van der Waals surface area (Å²) >= 11 is 4.85. The number of hydrogen-bond donors (Lipinski definition) is 1. The predicted octanol–water partition coefficient (Wildman–Crippen LogP) is 3.03. The van der Waals surface area contributed by atoms with Gasteiger partial charge in [-0.2, -0.15) is 4.37 Å². The van der Waals surface area contributed by atoms with Gasteiger partial charge in [0.2, 0.25) is 0 Å². The van der Waals surface area contributed by atoms with Gasteiger partial charge >= 0.3 is 0 Å². The predicted molar refractivity (Wildman–Crippen MR) is 63.1 cm³/mol. The van der Waals surface area contributed by atoms with Gasteiger partial charge in [0.1, 0.15) is 0 Å². The molecule has 4 heteroatoms. The van der Waals surface area contributed by atoms with Crippen molar-refractivity contribution in [3.05, 3.63) is 39.7 Å². The van der Waals surface area contributed by atoms with Crippen LogP contribution >= 0.6 is 27.5 Å². The molecule has 1 heterocycles. The first-order valence-corrected chi connectivity index (χ1v) is 5.83. The Labute approximate surface area is 95.1 Å². The zero-order valence-electron chi connectivity index (χ0n) is 7.40. The molecule has 0 atom stereocenters. The maximum atomic E-state index is 5.62. The van der Waals surface area contributed by atoms with E-state index in [1.165, 1.54) is 11.5 Å². The molecule has 0 bridgehead atoms. The molecular formula is C10H9BrN2S. The van der Waals surface area contributed by atoms with Crippen molar-refractivity contribution in [1.82, 2.24) is 4.37 Å². The Kier molecular flexibility index (Phi) is 2.96. The molecule has 0 amide bonds. The number of halogens is 1. The fraction of sp³-hybridized carbons (Fsp3) is 0.100. The van der Waals surface area contributed by atoms with Gasteiger partial charge in [0.25, 0.3) is 0 Å². The van der Waals surface area contributed by atoms with Gasteiger partial charge in [0.05, 0.1) is 5.69 Å². The Balaban J connectivity index is 2.44. The van der Waals surface area contributed by atoms with Crippen LogP contribution in [0, 0.1) is 0 Å². The second-order valence-electron chi connectivity index (χ2n) is 2.90. The summed E-state index contributed by atoms with van der Waals surface area (Å²) in [4.78, 5) is 0. The third-order valence-corrected chi connectivity index (χ3v) is 3.19. The van der Waals surface area contributed by atoms with E-state index in [0.29, 0.717) is 6.54 Å². The van der Waals surface area contributed by atoms with Crippen LogP contribution in [0.25, 0.3) is 11.3 Å². The topological polar surface area (TPSA) is 38.9 Å². The van der Waals surface area contributed by atoms with E-state index in [1.807, 2.05) is 29.6 Å². The van der Waals surface area contributed by atoms with Gasteiger partial charge < -0.3 is 5.73 Å². The maximum Gasteiger partial charge on any atom is 0.0885 e. The first-order valence-electron chi connectivity index (χ1n) is 4.20. The van der Waals surface area contributed by atoms with E-state index >= 15 is 0 Å². The van der Waals surface area contributed by atoms with Crippen molar-refractivity contribution in [3.8, 4) is 11.3 Å². The number of rotatable bonds is 2. The zero-order chi connectivity index (χ0) is 9.97. The van der Waals surface area contributed by atoms with E-state index in [2.05, 4.69) is 20.3 Å². The summed E-state index contributed by atoms with van der Waals surface area (Å²) in [5.74, 6) is 0. The lowest BCUT2D eigenvalue weighted by Crippen LogP contribution is -1.96. The molecule has 0 aliphatic carbocycles. The van der Waals surface area contributed by atoms with Crippen LogP contribution in [-0.2, 0) is 6.54 Å². The quantitative estimate of drug-likeness (QED) is 0.910. The van der Waals surface area contributed by atoms with Gasteiger partial charge in [-0.3, -0.25) is 0 Å². The van der Waals surface area contributed by atoms with E-state index in [9.17, 15) is 0 Å². The molecule has 0 unspecified atom stereocenters. The fourth-order valence-electron chi connectivity index (χ4n) is 1.25. The van der Waals surface area contributed by atoms with Gasteiger partial charge in [0.15, 0.2) is 0 Å². The summed E-state index contributed by atoms with van der Waals surface area (Å²) in [5.41, 5.74) is 8.85. The summed E-state index contributed by atoms with van der Waals surface area (Å²) in [7, 11) is 0. The molecule has 14 heavy (non-hydrogen) atoms. The number of nitrogens with zero attached hydrogens (tertiary/aromatic N) is 1. The van der Waals surface area contributed by atoms with E-state index in [4.69, 9.17) is 5.73 Å². The maximum absolute atomic E-state index is 5.62. The van der Waals surface area contributed by atoms with Crippen LogP contribution in [0.4, 0.5) is 0 Å². The second-order valence-corrected chi connectivity index (χ2v) is 4.44. The molecule has 1 aromatic carbocycles. The fourth-order valence-corrected chi connectivity index (χ4v) is 2.23. The molecule has 2 aromatic rings. The van der Waals surface area contributed by atoms with Crippen LogP contribution in [0.1, 0.15) is 5.56 Å². The summed E-state index contributed by atoms with van der Waals surface area (Å²) in [6.45, 7) is 0.544. The van der Waals surface area contributed by atoms with Crippen LogP contribution in [0.2, 0.25) is 0 Å². The highest BCUT2D eigenvalue weighted by atomic mass is 79.9. The normalized spacial score (nSPS) is 10.4. The first-order chi connectivity index (χ1) is 6.81. The zero-order valence-corrected chi connectivity index (χ0v) is 9.81. The Morgan fingerprint density at radius 3 is 2.64 bits per heavy atom. The molecule has 0 radical (unpaired) electrons. The van der Waals surface area contributed by atoms with Crippen LogP contribution in [0.15, 0.2) is 34.1 Å². The highest BCUT2D eigenvalue weighted by molar-refractivity contribution is 9.10. The summed E-state index contributed by atoms with van der Waals surface area (Å²) in [5, 5.41) is 2.00.